The highest BCUT2D eigenvalue weighted by Crippen LogP contribution is 2.18. The average Bonchev–Trinajstić information content (AvgIpc) is 3.24. The highest BCUT2D eigenvalue weighted by Gasteiger charge is 2.15. The molecule has 3 aromatic rings. The lowest BCUT2D eigenvalue weighted by Crippen LogP contribution is -2.24. The molecule has 1 heterocycles. The highest BCUT2D eigenvalue weighted by atomic mass is 35.5. The normalized spacial score (nSPS) is 11.1. The molecule has 2 aromatic carbocycles. The maximum atomic E-state index is 13.7. The van der Waals surface area contributed by atoms with Gasteiger partial charge in [0.15, 0.2) is 5.76 Å². The first-order chi connectivity index (χ1) is 15.5. The van der Waals surface area contributed by atoms with Gasteiger partial charge in [-0.3, -0.25) is 9.69 Å². The van der Waals surface area contributed by atoms with Gasteiger partial charge in [0.1, 0.15) is 11.6 Å². The second-order valence-corrected chi connectivity index (χ2v) is 8.42. The molecule has 0 fully saturated rings. The van der Waals surface area contributed by atoms with Gasteiger partial charge in [0.2, 0.25) is 0 Å². The Balaban J connectivity index is 1.64. The maximum absolute atomic E-state index is 13.7. The van der Waals surface area contributed by atoms with Crippen LogP contribution in [0.15, 0.2) is 65.1 Å². The number of furan rings is 1. The van der Waals surface area contributed by atoms with Crippen LogP contribution in [-0.2, 0) is 19.6 Å². The molecule has 1 amide bonds. The number of hydrogen-bond donors (Lipinski definition) is 1. The molecular formula is C26H30ClFN2O2. The smallest absolute Gasteiger partial charge is 0.286 e. The van der Waals surface area contributed by atoms with Crippen LogP contribution in [0.1, 0.15) is 60.0 Å². The molecule has 0 bridgehead atoms. The van der Waals surface area contributed by atoms with E-state index in [0.29, 0.717) is 42.7 Å². The van der Waals surface area contributed by atoms with Crippen LogP contribution in [-0.4, -0.2) is 17.4 Å². The molecule has 3 rings (SSSR count). The number of benzene rings is 2. The van der Waals surface area contributed by atoms with E-state index >= 15 is 0 Å². The Bertz CT molecular complexity index is 988. The van der Waals surface area contributed by atoms with Gasteiger partial charge in [-0.1, -0.05) is 62.1 Å². The molecule has 0 spiro atoms. The predicted octanol–water partition coefficient (Wildman–Crippen LogP) is 6.58. The predicted molar refractivity (Wildman–Crippen MR) is 126 cm³/mol. The van der Waals surface area contributed by atoms with Crippen molar-refractivity contribution in [3.05, 3.63) is 94.2 Å². The number of carbonyl (C=O) groups is 1. The molecule has 170 valence electrons. The van der Waals surface area contributed by atoms with Gasteiger partial charge in [0, 0.05) is 24.7 Å². The van der Waals surface area contributed by atoms with Gasteiger partial charge in [-0.2, -0.15) is 0 Å². The van der Waals surface area contributed by atoms with E-state index in [0.717, 1.165) is 30.4 Å². The monoisotopic (exact) mass is 456 g/mol. The van der Waals surface area contributed by atoms with E-state index in [4.69, 9.17) is 16.0 Å². The Morgan fingerprint density at radius 1 is 0.969 bits per heavy atom. The Labute approximate surface area is 194 Å². The maximum Gasteiger partial charge on any atom is 0.286 e. The van der Waals surface area contributed by atoms with Crippen molar-refractivity contribution in [3.8, 4) is 0 Å². The van der Waals surface area contributed by atoms with E-state index in [1.807, 2.05) is 36.4 Å². The summed E-state index contributed by atoms with van der Waals surface area (Å²) >= 11 is 6.01. The average molecular weight is 457 g/mol. The zero-order valence-corrected chi connectivity index (χ0v) is 19.2. The number of nitrogens with zero attached hydrogens (tertiary/aromatic N) is 1. The molecule has 0 aliphatic heterocycles. The van der Waals surface area contributed by atoms with Crippen LogP contribution in [0.4, 0.5) is 4.39 Å². The lowest BCUT2D eigenvalue weighted by atomic mass is 10.1. The second-order valence-electron chi connectivity index (χ2n) is 7.98. The summed E-state index contributed by atoms with van der Waals surface area (Å²) in [4.78, 5) is 14.5. The standard InChI is InChI=1S/C26H30ClFN2O2/c1-2-3-4-5-15-29-26(31)25-14-13-24(32-25)19-30(17-20-9-11-22(27)12-10-20)18-21-7-6-8-23(28)16-21/h6-14,16H,2-5,15,17-19H2,1H3,(H,29,31). The van der Waals surface area contributed by atoms with Crippen molar-refractivity contribution >= 4 is 17.5 Å². The van der Waals surface area contributed by atoms with E-state index in [1.54, 1.807) is 12.1 Å². The van der Waals surface area contributed by atoms with Gasteiger partial charge in [-0.25, -0.2) is 4.39 Å². The van der Waals surface area contributed by atoms with E-state index in [-0.39, 0.29) is 11.7 Å². The van der Waals surface area contributed by atoms with Crippen molar-refractivity contribution in [2.24, 2.45) is 0 Å². The summed E-state index contributed by atoms with van der Waals surface area (Å²) in [5, 5.41) is 3.60. The van der Waals surface area contributed by atoms with Gasteiger partial charge in [-0.15, -0.1) is 0 Å². The third kappa shape index (κ3) is 7.81. The zero-order chi connectivity index (χ0) is 22.8. The van der Waals surface area contributed by atoms with Crippen LogP contribution in [0.5, 0.6) is 0 Å². The molecule has 0 atom stereocenters. The van der Waals surface area contributed by atoms with Crippen molar-refractivity contribution in [1.29, 1.82) is 0 Å². The molecule has 4 nitrogen and oxygen atoms in total. The van der Waals surface area contributed by atoms with Crippen LogP contribution in [0.25, 0.3) is 0 Å². The molecule has 0 saturated heterocycles. The Hall–Kier alpha value is -2.63. The van der Waals surface area contributed by atoms with Gasteiger partial charge < -0.3 is 9.73 Å². The van der Waals surface area contributed by atoms with Crippen molar-refractivity contribution in [3.63, 3.8) is 0 Å². The quantitative estimate of drug-likeness (QED) is 0.313. The van der Waals surface area contributed by atoms with E-state index in [9.17, 15) is 9.18 Å². The van der Waals surface area contributed by atoms with Crippen LogP contribution in [0, 0.1) is 5.82 Å². The molecule has 1 aromatic heterocycles. The lowest BCUT2D eigenvalue weighted by molar-refractivity contribution is 0.0920. The van der Waals surface area contributed by atoms with Gasteiger partial charge >= 0.3 is 0 Å². The summed E-state index contributed by atoms with van der Waals surface area (Å²) in [5.74, 6) is 0.547. The first-order valence-electron chi connectivity index (χ1n) is 11.1. The molecule has 32 heavy (non-hydrogen) atoms. The van der Waals surface area contributed by atoms with Crippen molar-refractivity contribution in [1.82, 2.24) is 10.2 Å². The molecule has 0 unspecified atom stereocenters. The molecule has 6 heteroatoms. The Morgan fingerprint density at radius 3 is 2.50 bits per heavy atom. The number of unbranched alkanes of at least 4 members (excludes halogenated alkanes) is 3. The minimum Gasteiger partial charge on any atom is -0.455 e. The number of carbonyl (C=O) groups excluding carboxylic acids is 1. The van der Waals surface area contributed by atoms with E-state index in [1.165, 1.54) is 18.6 Å². The summed E-state index contributed by atoms with van der Waals surface area (Å²) in [6.45, 7) is 4.47. The second kappa shape index (κ2) is 12.4. The fraction of sp³-hybridized carbons (Fsp3) is 0.346. The van der Waals surface area contributed by atoms with E-state index < -0.39 is 0 Å². The van der Waals surface area contributed by atoms with Crippen molar-refractivity contribution in [2.75, 3.05) is 6.54 Å². The van der Waals surface area contributed by atoms with Crippen LogP contribution in [0.2, 0.25) is 5.02 Å². The first-order valence-corrected chi connectivity index (χ1v) is 11.5. The lowest BCUT2D eigenvalue weighted by Gasteiger charge is -2.21. The first kappa shape index (κ1) is 24.0. The Morgan fingerprint density at radius 2 is 1.75 bits per heavy atom. The molecule has 0 aliphatic rings. The zero-order valence-electron chi connectivity index (χ0n) is 18.4. The minimum absolute atomic E-state index is 0.192. The summed E-state index contributed by atoms with van der Waals surface area (Å²) in [7, 11) is 0. The molecular weight excluding hydrogens is 427 g/mol. The summed E-state index contributed by atoms with van der Waals surface area (Å²) in [6.07, 6.45) is 4.42. The van der Waals surface area contributed by atoms with E-state index in [2.05, 4.69) is 17.1 Å². The van der Waals surface area contributed by atoms with Crippen molar-refractivity contribution < 1.29 is 13.6 Å². The number of nitrogens with one attached hydrogen (secondary N) is 1. The minimum atomic E-state index is -0.259. The number of rotatable bonds is 12. The van der Waals surface area contributed by atoms with Gasteiger partial charge in [0.25, 0.3) is 5.91 Å². The van der Waals surface area contributed by atoms with Gasteiger partial charge in [-0.05, 0) is 53.9 Å². The SMILES string of the molecule is CCCCCCNC(=O)c1ccc(CN(Cc2ccc(Cl)cc2)Cc2cccc(F)c2)o1. The highest BCUT2D eigenvalue weighted by molar-refractivity contribution is 6.30. The molecule has 0 saturated carbocycles. The Kier molecular flexibility index (Phi) is 9.32. The third-order valence-corrected chi connectivity index (χ3v) is 5.45. The molecule has 0 radical (unpaired) electrons. The number of halogens is 2. The third-order valence-electron chi connectivity index (χ3n) is 5.20. The summed E-state index contributed by atoms with van der Waals surface area (Å²) < 4.78 is 19.5. The van der Waals surface area contributed by atoms with Crippen LogP contribution < -0.4 is 5.32 Å². The number of amides is 1. The largest absolute Gasteiger partial charge is 0.455 e. The molecule has 1 N–H and O–H groups in total. The fourth-order valence-electron chi connectivity index (χ4n) is 3.56. The fourth-order valence-corrected chi connectivity index (χ4v) is 3.68. The number of hydrogen-bond acceptors (Lipinski definition) is 3. The van der Waals surface area contributed by atoms with Crippen LogP contribution in [0.3, 0.4) is 0 Å². The van der Waals surface area contributed by atoms with Gasteiger partial charge in [0.05, 0.1) is 6.54 Å². The summed E-state index contributed by atoms with van der Waals surface area (Å²) in [5.41, 5.74) is 1.96. The van der Waals surface area contributed by atoms with Crippen molar-refractivity contribution in [2.45, 2.75) is 52.2 Å². The van der Waals surface area contributed by atoms with Crippen LogP contribution >= 0.6 is 11.6 Å². The summed E-state index contributed by atoms with van der Waals surface area (Å²) in [6, 6.07) is 17.8. The topological polar surface area (TPSA) is 45.5 Å². The molecule has 0 aliphatic carbocycles.